The molecule has 1 nitrogen and oxygen atoms in total. The van der Waals surface area contributed by atoms with Gasteiger partial charge in [-0.25, -0.2) is 0 Å². The van der Waals surface area contributed by atoms with E-state index in [1.807, 2.05) is 0 Å². The Balaban J connectivity index is 0. The lowest BCUT2D eigenvalue weighted by atomic mass is 10.3. The van der Waals surface area contributed by atoms with Crippen LogP contribution in [0.15, 0.2) is 0 Å². The van der Waals surface area contributed by atoms with Crippen LogP contribution >= 0.6 is 0 Å². The van der Waals surface area contributed by atoms with Crippen LogP contribution in [0.2, 0.25) is 0 Å². The molecular weight excluding hydrogens is 190 g/mol. The van der Waals surface area contributed by atoms with E-state index < -0.39 is 0 Å². The van der Waals surface area contributed by atoms with Gasteiger partial charge in [-0.1, -0.05) is 13.3 Å². The van der Waals surface area contributed by atoms with Crippen molar-refractivity contribution >= 4 is 0 Å². The van der Waals surface area contributed by atoms with E-state index in [2.05, 4.69) is 20.8 Å². The molecule has 0 bridgehead atoms. The monoisotopic (exact) mass is 209 g/mol. The second kappa shape index (κ2) is 9.44. The van der Waals surface area contributed by atoms with E-state index >= 15 is 0 Å². The maximum Gasteiger partial charge on any atom is 0.0770 e. The number of quaternary nitrogens is 1. The number of unbranched alkanes of at least 4 members (excludes halogenated alkanes) is 1. The van der Waals surface area contributed by atoms with Gasteiger partial charge in [0.1, 0.15) is 0 Å². The Bertz CT molecular complexity index is 53.2. The molecule has 0 atom stereocenters. The topological polar surface area (TPSA) is 4.44 Å². The third-order valence-electron chi connectivity index (χ3n) is 1.88. The normalized spacial score (nSPS) is 9.60. The number of halogens is 1. The van der Waals surface area contributed by atoms with E-state index in [1.165, 1.54) is 32.5 Å². The molecule has 0 aromatic carbocycles. The van der Waals surface area contributed by atoms with Crippen LogP contribution in [0.4, 0.5) is 0 Å². The average molecular weight is 210 g/mol. The van der Waals surface area contributed by atoms with Gasteiger partial charge in [0.25, 0.3) is 0 Å². The largest absolute Gasteiger partial charge is 1.00 e. The van der Waals surface area contributed by atoms with Gasteiger partial charge >= 0.3 is 0 Å². The molecule has 0 aromatic rings. The molecule has 0 amide bonds. The van der Waals surface area contributed by atoms with Crippen molar-refractivity contribution in [2.24, 2.45) is 0 Å². The maximum absolute atomic E-state index is 2.26. The molecule has 0 aliphatic carbocycles. The third-order valence-corrected chi connectivity index (χ3v) is 1.88. The van der Waals surface area contributed by atoms with Gasteiger partial charge in [0.15, 0.2) is 0 Å². The number of hydrogen-bond acceptors (Lipinski definition) is 0. The highest BCUT2D eigenvalue weighted by atomic mass is 79.9. The Hall–Kier alpha value is 0.440. The van der Waals surface area contributed by atoms with Gasteiger partial charge in [-0.15, -0.1) is 0 Å². The van der Waals surface area contributed by atoms with Crippen molar-refractivity contribution in [1.82, 2.24) is 0 Å². The van der Waals surface area contributed by atoms with E-state index in [-0.39, 0.29) is 17.0 Å². The number of rotatable bonds is 5. The lowest BCUT2D eigenvalue weighted by Crippen LogP contribution is -3.11. The average Bonchev–Trinajstić information content (AvgIpc) is 1.91. The van der Waals surface area contributed by atoms with Gasteiger partial charge in [0.2, 0.25) is 0 Å². The van der Waals surface area contributed by atoms with Crippen LogP contribution in [-0.2, 0) is 0 Å². The van der Waals surface area contributed by atoms with Gasteiger partial charge in [0, 0.05) is 0 Å². The van der Waals surface area contributed by atoms with Gasteiger partial charge in [-0.2, -0.15) is 0 Å². The minimum Gasteiger partial charge on any atom is -1.00 e. The second-order valence-corrected chi connectivity index (χ2v) is 2.56. The van der Waals surface area contributed by atoms with E-state index in [0.29, 0.717) is 0 Å². The van der Waals surface area contributed by atoms with Crippen molar-refractivity contribution in [3.05, 3.63) is 0 Å². The van der Waals surface area contributed by atoms with Crippen LogP contribution in [0.1, 0.15) is 33.6 Å². The molecule has 64 valence electrons. The Morgan fingerprint density at radius 2 is 1.50 bits per heavy atom. The second-order valence-electron chi connectivity index (χ2n) is 2.56. The molecule has 0 heterocycles. The smallest absolute Gasteiger partial charge is 0.0770 e. The summed E-state index contributed by atoms with van der Waals surface area (Å²) in [6.07, 6.45) is 2.72. The summed E-state index contributed by atoms with van der Waals surface area (Å²) in [4.78, 5) is 1.73. The SMILES string of the molecule is CCCC[NH+](CC)CC.[Br-]. The zero-order valence-electron chi connectivity index (χ0n) is 7.41. The standard InChI is InChI=1S/C8H19N.BrH/c1-4-7-8-9(5-2)6-3;/h4-8H2,1-3H3;1H. The summed E-state index contributed by atoms with van der Waals surface area (Å²) in [7, 11) is 0. The highest BCUT2D eigenvalue weighted by molar-refractivity contribution is 4.28. The predicted octanol–water partition coefficient (Wildman–Crippen LogP) is -2.28. The molecule has 0 fully saturated rings. The van der Waals surface area contributed by atoms with Crippen LogP contribution < -0.4 is 21.9 Å². The Labute approximate surface area is 75.6 Å². The van der Waals surface area contributed by atoms with Gasteiger partial charge in [0.05, 0.1) is 19.6 Å². The van der Waals surface area contributed by atoms with E-state index in [4.69, 9.17) is 0 Å². The summed E-state index contributed by atoms with van der Waals surface area (Å²) < 4.78 is 0. The highest BCUT2D eigenvalue weighted by Crippen LogP contribution is 1.78. The third kappa shape index (κ3) is 6.56. The fourth-order valence-electron chi connectivity index (χ4n) is 1.03. The first-order chi connectivity index (χ1) is 4.35. The molecule has 0 aromatic heterocycles. The van der Waals surface area contributed by atoms with E-state index in [9.17, 15) is 0 Å². The Kier molecular flexibility index (Phi) is 12.3. The van der Waals surface area contributed by atoms with E-state index in [1.54, 1.807) is 4.90 Å². The molecule has 0 spiro atoms. The first kappa shape index (κ1) is 13.1. The van der Waals surface area contributed by atoms with Crippen molar-refractivity contribution < 1.29 is 21.9 Å². The fourth-order valence-corrected chi connectivity index (χ4v) is 1.03. The quantitative estimate of drug-likeness (QED) is 0.521. The molecule has 0 saturated heterocycles. The lowest BCUT2D eigenvalue weighted by molar-refractivity contribution is -0.896. The highest BCUT2D eigenvalue weighted by Gasteiger charge is 1.98. The summed E-state index contributed by atoms with van der Waals surface area (Å²) in [5.74, 6) is 0. The zero-order chi connectivity index (χ0) is 7.11. The van der Waals surface area contributed by atoms with Gasteiger partial charge in [-0.3, -0.25) is 0 Å². The van der Waals surface area contributed by atoms with Crippen LogP contribution in [0.3, 0.4) is 0 Å². The minimum atomic E-state index is 0. The minimum absolute atomic E-state index is 0. The molecular formula is C8H20BrN. The molecule has 1 N–H and O–H groups in total. The fraction of sp³-hybridized carbons (Fsp3) is 1.00. The van der Waals surface area contributed by atoms with Crippen molar-refractivity contribution in [2.75, 3.05) is 19.6 Å². The molecule has 0 radical (unpaired) electrons. The lowest BCUT2D eigenvalue weighted by Gasteiger charge is -2.13. The molecule has 0 aliphatic rings. The first-order valence-electron chi connectivity index (χ1n) is 4.18. The molecule has 0 saturated carbocycles. The molecule has 2 heteroatoms. The Morgan fingerprint density at radius 3 is 1.80 bits per heavy atom. The summed E-state index contributed by atoms with van der Waals surface area (Å²) in [6.45, 7) is 10.7. The van der Waals surface area contributed by atoms with Crippen molar-refractivity contribution in [3.8, 4) is 0 Å². The van der Waals surface area contributed by atoms with Crippen LogP contribution in [-0.4, -0.2) is 19.6 Å². The summed E-state index contributed by atoms with van der Waals surface area (Å²) in [5.41, 5.74) is 0. The maximum atomic E-state index is 2.26. The van der Waals surface area contributed by atoms with Crippen molar-refractivity contribution in [3.63, 3.8) is 0 Å². The number of nitrogens with one attached hydrogen (secondary N) is 1. The van der Waals surface area contributed by atoms with Gasteiger partial charge < -0.3 is 21.9 Å². The van der Waals surface area contributed by atoms with Crippen LogP contribution in [0, 0.1) is 0 Å². The molecule has 0 unspecified atom stereocenters. The Morgan fingerprint density at radius 1 is 1.00 bits per heavy atom. The zero-order valence-corrected chi connectivity index (χ0v) is 9.00. The summed E-state index contributed by atoms with van der Waals surface area (Å²) in [6, 6.07) is 0. The van der Waals surface area contributed by atoms with Crippen LogP contribution in [0.25, 0.3) is 0 Å². The van der Waals surface area contributed by atoms with Crippen LogP contribution in [0.5, 0.6) is 0 Å². The first-order valence-corrected chi connectivity index (χ1v) is 4.18. The predicted molar refractivity (Wildman–Crippen MR) is 41.8 cm³/mol. The summed E-state index contributed by atoms with van der Waals surface area (Å²) in [5, 5.41) is 0. The van der Waals surface area contributed by atoms with Crippen molar-refractivity contribution in [1.29, 1.82) is 0 Å². The molecule has 0 rings (SSSR count). The summed E-state index contributed by atoms with van der Waals surface area (Å²) >= 11 is 0. The van der Waals surface area contributed by atoms with Gasteiger partial charge in [-0.05, 0) is 20.3 Å². The number of hydrogen-bond donors (Lipinski definition) is 1. The molecule has 0 aliphatic heterocycles. The van der Waals surface area contributed by atoms with E-state index in [0.717, 1.165) is 0 Å². The molecule has 10 heavy (non-hydrogen) atoms. The van der Waals surface area contributed by atoms with Crippen molar-refractivity contribution in [2.45, 2.75) is 33.6 Å².